The number of hydrogen-bond acceptors (Lipinski definition) is 3. The Labute approximate surface area is 108 Å². The molecule has 1 saturated heterocycles. The molecule has 1 fully saturated rings. The first-order chi connectivity index (χ1) is 8.57. The number of carbonyl (C=O) groups excluding carboxylic acids is 1. The van der Waals surface area contributed by atoms with E-state index in [0.717, 1.165) is 31.0 Å². The molecule has 1 heterocycles. The highest BCUT2D eigenvalue weighted by molar-refractivity contribution is 5.92. The van der Waals surface area contributed by atoms with Gasteiger partial charge in [0, 0.05) is 17.6 Å². The van der Waals surface area contributed by atoms with Crippen molar-refractivity contribution in [3.05, 3.63) is 29.8 Å². The van der Waals surface area contributed by atoms with Crippen molar-refractivity contribution in [2.75, 3.05) is 31.6 Å². The van der Waals surface area contributed by atoms with E-state index < -0.39 is 0 Å². The molecule has 0 saturated carbocycles. The Morgan fingerprint density at radius 3 is 2.83 bits per heavy atom. The molecule has 0 aliphatic carbocycles. The lowest BCUT2D eigenvalue weighted by Gasteiger charge is -2.38. The zero-order valence-corrected chi connectivity index (χ0v) is 11.0. The summed E-state index contributed by atoms with van der Waals surface area (Å²) >= 11 is 0. The van der Waals surface area contributed by atoms with Gasteiger partial charge in [0.05, 0.1) is 19.8 Å². The molecule has 1 amide bonds. The van der Waals surface area contributed by atoms with Crippen molar-refractivity contribution < 1.29 is 9.53 Å². The van der Waals surface area contributed by atoms with Gasteiger partial charge in [0.15, 0.2) is 0 Å². The van der Waals surface area contributed by atoms with Crippen LogP contribution in [0.3, 0.4) is 0 Å². The van der Waals surface area contributed by atoms with Gasteiger partial charge in [0.2, 0.25) is 5.91 Å². The lowest BCUT2D eigenvalue weighted by atomic mass is 9.89. The van der Waals surface area contributed by atoms with Crippen LogP contribution < -0.4 is 10.6 Å². The maximum Gasteiger partial charge on any atom is 0.238 e. The van der Waals surface area contributed by atoms with Crippen LogP contribution in [0.25, 0.3) is 0 Å². The monoisotopic (exact) mass is 248 g/mol. The molecule has 2 N–H and O–H groups in total. The van der Waals surface area contributed by atoms with Gasteiger partial charge in [0.1, 0.15) is 0 Å². The van der Waals surface area contributed by atoms with Crippen molar-refractivity contribution in [1.82, 2.24) is 5.32 Å². The number of carbonyl (C=O) groups is 1. The second kappa shape index (κ2) is 5.50. The van der Waals surface area contributed by atoms with Crippen LogP contribution >= 0.6 is 0 Å². The zero-order chi connectivity index (χ0) is 13.0. The summed E-state index contributed by atoms with van der Waals surface area (Å²) in [5.41, 5.74) is 2.18. The fourth-order valence-electron chi connectivity index (χ4n) is 1.96. The third-order valence-corrected chi connectivity index (χ3v) is 3.04. The van der Waals surface area contributed by atoms with Crippen molar-refractivity contribution in [1.29, 1.82) is 0 Å². The molecule has 98 valence electrons. The number of aryl methyl sites for hydroxylation is 1. The summed E-state index contributed by atoms with van der Waals surface area (Å²) in [6.07, 6.45) is 0. The fourth-order valence-corrected chi connectivity index (χ4v) is 1.96. The topological polar surface area (TPSA) is 50.4 Å². The van der Waals surface area contributed by atoms with E-state index in [1.54, 1.807) is 0 Å². The van der Waals surface area contributed by atoms with E-state index in [9.17, 15) is 4.79 Å². The lowest BCUT2D eigenvalue weighted by molar-refractivity contribution is -0.117. The molecule has 2 rings (SSSR count). The minimum atomic E-state index is -0.00978. The molecule has 4 nitrogen and oxygen atoms in total. The normalized spacial score (nSPS) is 17.0. The molecule has 0 radical (unpaired) electrons. The minimum Gasteiger partial charge on any atom is -0.380 e. The van der Waals surface area contributed by atoms with Crippen molar-refractivity contribution in [3.8, 4) is 0 Å². The molecular formula is C14H20N2O2. The molecular weight excluding hydrogens is 228 g/mol. The number of benzene rings is 1. The molecule has 0 aromatic heterocycles. The van der Waals surface area contributed by atoms with Gasteiger partial charge in [-0.05, 0) is 24.6 Å². The van der Waals surface area contributed by atoms with E-state index in [1.165, 1.54) is 0 Å². The van der Waals surface area contributed by atoms with E-state index in [0.29, 0.717) is 6.54 Å². The number of amides is 1. The second-order valence-electron chi connectivity index (χ2n) is 5.32. The Hall–Kier alpha value is -1.39. The maximum absolute atomic E-state index is 11.7. The number of hydrogen-bond donors (Lipinski definition) is 2. The zero-order valence-electron chi connectivity index (χ0n) is 11.0. The first-order valence-corrected chi connectivity index (χ1v) is 6.22. The molecule has 1 aromatic carbocycles. The van der Waals surface area contributed by atoms with E-state index in [2.05, 4.69) is 17.6 Å². The number of nitrogens with one attached hydrogen (secondary N) is 2. The van der Waals surface area contributed by atoms with Gasteiger partial charge in [-0.2, -0.15) is 0 Å². The van der Waals surface area contributed by atoms with Crippen molar-refractivity contribution in [2.24, 2.45) is 5.41 Å². The van der Waals surface area contributed by atoms with Gasteiger partial charge >= 0.3 is 0 Å². The lowest BCUT2D eigenvalue weighted by Crippen LogP contribution is -2.48. The van der Waals surface area contributed by atoms with Crippen molar-refractivity contribution in [2.45, 2.75) is 13.8 Å². The van der Waals surface area contributed by atoms with Crippen LogP contribution in [-0.4, -0.2) is 32.2 Å². The van der Waals surface area contributed by atoms with Gasteiger partial charge in [-0.3, -0.25) is 4.79 Å². The summed E-state index contributed by atoms with van der Waals surface area (Å²) in [7, 11) is 0. The molecule has 18 heavy (non-hydrogen) atoms. The number of rotatable bonds is 5. The molecule has 1 aromatic rings. The van der Waals surface area contributed by atoms with Crippen LogP contribution in [0.2, 0.25) is 0 Å². The SMILES string of the molecule is Cc1cccc(NC(=O)CNCC2(C)COC2)c1. The van der Waals surface area contributed by atoms with Gasteiger partial charge < -0.3 is 15.4 Å². The molecule has 0 atom stereocenters. The Morgan fingerprint density at radius 2 is 2.22 bits per heavy atom. The van der Waals surface area contributed by atoms with Gasteiger partial charge in [-0.15, -0.1) is 0 Å². The van der Waals surface area contributed by atoms with Crippen LogP contribution in [0.1, 0.15) is 12.5 Å². The predicted molar refractivity (Wildman–Crippen MR) is 71.6 cm³/mol. The number of ether oxygens (including phenoxy) is 1. The van der Waals surface area contributed by atoms with E-state index in [4.69, 9.17) is 4.74 Å². The molecule has 0 spiro atoms. The molecule has 4 heteroatoms. The Morgan fingerprint density at radius 1 is 1.44 bits per heavy atom. The first kappa shape index (κ1) is 13.1. The predicted octanol–water partition coefficient (Wildman–Crippen LogP) is 1.56. The van der Waals surface area contributed by atoms with Crippen molar-refractivity contribution >= 4 is 11.6 Å². The van der Waals surface area contributed by atoms with Crippen LogP contribution in [-0.2, 0) is 9.53 Å². The number of anilines is 1. The van der Waals surface area contributed by atoms with Crippen molar-refractivity contribution in [3.63, 3.8) is 0 Å². The minimum absolute atomic E-state index is 0.00978. The van der Waals surface area contributed by atoms with E-state index >= 15 is 0 Å². The summed E-state index contributed by atoms with van der Waals surface area (Å²) in [5.74, 6) is -0.00978. The van der Waals surface area contributed by atoms with Gasteiger partial charge in [-0.1, -0.05) is 19.1 Å². The van der Waals surface area contributed by atoms with Crippen LogP contribution in [0.4, 0.5) is 5.69 Å². The summed E-state index contributed by atoms with van der Waals surface area (Å²) in [6, 6.07) is 7.79. The van der Waals surface area contributed by atoms with Crippen LogP contribution in [0.15, 0.2) is 24.3 Å². The van der Waals surface area contributed by atoms with E-state index in [1.807, 2.05) is 31.2 Å². The van der Waals surface area contributed by atoms with E-state index in [-0.39, 0.29) is 11.3 Å². The standard InChI is InChI=1S/C14H20N2O2/c1-11-4-3-5-12(6-11)16-13(17)7-15-8-14(2)9-18-10-14/h3-6,15H,7-10H2,1-2H3,(H,16,17). The molecule has 1 aliphatic heterocycles. The summed E-state index contributed by atoms with van der Waals surface area (Å²) in [6.45, 7) is 6.87. The highest BCUT2D eigenvalue weighted by atomic mass is 16.5. The Bertz CT molecular complexity index is 428. The quantitative estimate of drug-likeness (QED) is 0.831. The average Bonchev–Trinajstić information content (AvgIpc) is 2.26. The average molecular weight is 248 g/mol. The van der Waals surface area contributed by atoms with Crippen LogP contribution in [0, 0.1) is 12.3 Å². The largest absolute Gasteiger partial charge is 0.380 e. The second-order valence-corrected chi connectivity index (χ2v) is 5.32. The summed E-state index contributed by atoms with van der Waals surface area (Å²) < 4.78 is 5.16. The van der Waals surface area contributed by atoms with Gasteiger partial charge in [-0.25, -0.2) is 0 Å². The van der Waals surface area contributed by atoms with Crippen LogP contribution in [0.5, 0.6) is 0 Å². The third kappa shape index (κ3) is 3.55. The van der Waals surface area contributed by atoms with Gasteiger partial charge in [0.25, 0.3) is 0 Å². The molecule has 1 aliphatic rings. The molecule has 0 bridgehead atoms. The highest BCUT2D eigenvalue weighted by Crippen LogP contribution is 2.24. The molecule has 0 unspecified atom stereocenters. The summed E-state index contributed by atoms with van der Waals surface area (Å²) in [5, 5.41) is 6.04. The maximum atomic E-state index is 11.7. The fraction of sp³-hybridized carbons (Fsp3) is 0.500. The Balaban J connectivity index is 1.72. The first-order valence-electron chi connectivity index (χ1n) is 6.22. The Kier molecular flexibility index (Phi) is 3.99. The highest BCUT2D eigenvalue weighted by Gasteiger charge is 2.32. The smallest absolute Gasteiger partial charge is 0.238 e. The third-order valence-electron chi connectivity index (χ3n) is 3.04. The summed E-state index contributed by atoms with van der Waals surface area (Å²) in [4.78, 5) is 11.7.